The molecule has 12 heavy (non-hydrogen) atoms. The predicted octanol–water partition coefficient (Wildman–Crippen LogP) is 0.529. The highest BCUT2D eigenvalue weighted by Gasteiger charge is 2.31. The number of hydrogen-bond acceptors (Lipinski definition) is 2. The number of rotatable bonds is 3. The Balaban J connectivity index is 2.13. The van der Waals surface area contributed by atoms with E-state index in [-0.39, 0.29) is 11.8 Å². The molecule has 1 unspecified atom stereocenters. The number of carbonyl (C=O) groups excluding carboxylic acids is 1. The molecule has 0 radical (unpaired) electrons. The fraction of sp³-hybridized carbons (Fsp3) is 0.889. The Morgan fingerprint density at radius 1 is 1.67 bits per heavy atom. The molecule has 1 aliphatic carbocycles. The topological polar surface area (TPSA) is 49.3 Å². The highest BCUT2D eigenvalue weighted by molar-refractivity contribution is 5.79. The lowest BCUT2D eigenvalue weighted by Crippen LogP contribution is -2.40. The Hall–Kier alpha value is -0.570. The Bertz CT molecular complexity index is 162. The number of aliphatic hydroxyl groups excluding tert-OH is 1. The van der Waals surface area contributed by atoms with Gasteiger partial charge in [0.05, 0.1) is 6.10 Å². The molecule has 0 aliphatic heterocycles. The molecule has 1 atom stereocenters. The largest absolute Gasteiger partial charge is 0.392 e. The quantitative estimate of drug-likeness (QED) is 0.650. The Kier molecular flexibility index (Phi) is 3.09. The van der Waals surface area contributed by atoms with Gasteiger partial charge in [0.2, 0.25) is 5.91 Å². The predicted molar refractivity (Wildman–Crippen MR) is 46.6 cm³/mol. The van der Waals surface area contributed by atoms with Crippen LogP contribution in [0.5, 0.6) is 0 Å². The minimum atomic E-state index is -0.438. The van der Waals surface area contributed by atoms with E-state index < -0.39 is 6.10 Å². The molecular weight excluding hydrogens is 154 g/mol. The van der Waals surface area contributed by atoms with Crippen LogP contribution >= 0.6 is 0 Å². The third kappa shape index (κ3) is 2.48. The Morgan fingerprint density at radius 3 is 2.67 bits per heavy atom. The van der Waals surface area contributed by atoms with Crippen LogP contribution in [0.25, 0.3) is 0 Å². The van der Waals surface area contributed by atoms with Crippen molar-refractivity contribution in [3.63, 3.8) is 0 Å². The van der Waals surface area contributed by atoms with Crippen molar-refractivity contribution in [2.75, 3.05) is 6.54 Å². The fourth-order valence-electron chi connectivity index (χ4n) is 1.51. The molecule has 0 aromatic carbocycles. The van der Waals surface area contributed by atoms with E-state index in [1.54, 1.807) is 6.92 Å². The minimum Gasteiger partial charge on any atom is -0.392 e. The third-order valence-electron chi connectivity index (χ3n) is 2.32. The second-order valence-corrected chi connectivity index (χ2v) is 3.87. The fourth-order valence-corrected chi connectivity index (χ4v) is 1.51. The Labute approximate surface area is 73.2 Å². The average molecular weight is 171 g/mol. The van der Waals surface area contributed by atoms with E-state index in [2.05, 4.69) is 12.2 Å². The number of carbonyl (C=O) groups is 1. The molecule has 0 aromatic heterocycles. The van der Waals surface area contributed by atoms with E-state index in [9.17, 15) is 4.79 Å². The van der Waals surface area contributed by atoms with Crippen molar-refractivity contribution in [3.8, 4) is 0 Å². The summed E-state index contributed by atoms with van der Waals surface area (Å²) in [6.07, 6.45) is 1.57. The third-order valence-corrected chi connectivity index (χ3v) is 2.32. The molecule has 1 amide bonds. The zero-order valence-corrected chi connectivity index (χ0v) is 7.71. The van der Waals surface area contributed by atoms with Crippen LogP contribution in [-0.2, 0) is 4.79 Å². The van der Waals surface area contributed by atoms with Gasteiger partial charge in [0, 0.05) is 12.5 Å². The summed E-state index contributed by atoms with van der Waals surface area (Å²) in [4.78, 5) is 11.3. The molecule has 0 spiro atoms. The van der Waals surface area contributed by atoms with Gasteiger partial charge >= 0.3 is 0 Å². The maximum absolute atomic E-state index is 11.3. The molecule has 1 rings (SSSR count). The molecule has 3 nitrogen and oxygen atoms in total. The SMILES string of the molecule is CC(O)CNC(=O)C1CC(C)C1. The summed E-state index contributed by atoms with van der Waals surface area (Å²) < 4.78 is 0. The van der Waals surface area contributed by atoms with Crippen LogP contribution in [0.1, 0.15) is 26.7 Å². The van der Waals surface area contributed by atoms with E-state index in [4.69, 9.17) is 5.11 Å². The standard InChI is InChI=1S/C9H17NO2/c1-6-3-8(4-6)9(12)10-5-7(2)11/h6-8,11H,3-5H2,1-2H3,(H,10,12). The van der Waals surface area contributed by atoms with Crippen molar-refractivity contribution >= 4 is 5.91 Å². The molecule has 70 valence electrons. The van der Waals surface area contributed by atoms with Gasteiger partial charge in [0.25, 0.3) is 0 Å². The summed E-state index contributed by atoms with van der Waals surface area (Å²) in [6.45, 7) is 4.20. The maximum Gasteiger partial charge on any atom is 0.223 e. The smallest absolute Gasteiger partial charge is 0.223 e. The molecule has 0 bridgehead atoms. The zero-order chi connectivity index (χ0) is 9.14. The number of aliphatic hydroxyl groups is 1. The van der Waals surface area contributed by atoms with Crippen molar-refractivity contribution in [2.45, 2.75) is 32.8 Å². The van der Waals surface area contributed by atoms with Gasteiger partial charge in [-0.15, -0.1) is 0 Å². The second-order valence-electron chi connectivity index (χ2n) is 3.87. The van der Waals surface area contributed by atoms with Crippen molar-refractivity contribution in [2.24, 2.45) is 11.8 Å². The van der Waals surface area contributed by atoms with Gasteiger partial charge in [-0.3, -0.25) is 4.79 Å². The first-order chi connectivity index (χ1) is 5.59. The van der Waals surface area contributed by atoms with Gasteiger partial charge in [0.15, 0.2) is 0 Å². The molecule has 0 aromatic rings. The molecule has 1 aliphatic rings. The summed E-state index contributed by atoms with van der Waals surface area (Å²) in [5.74, 6) is 1.01. The highest BCUT2D eigenvalue weighted by Crippen LogP contribution is 2.32. The van der Waals surface area contributed by atoms with Crippen LogP contribution in [0.4, 0.5) is 0 Å². The van der Waals surface area contributed by atoms with Crippen LogP contribution in [0.2, 0.25) is 0 Å². The lowest BCUT2D eigenvalue weighted by molar-refractivity contribution is -0.129. The summed E-state index contributed by atoms with van der Waals surface area (Å²) in [7, 11) is 0. The van der Waals surface area contributed by atoms with Gasteiger partial charge in [-0.2, -0.15) is 0 Å². The van der Waals surface area contributed by atoms with Gasteiger partial charge in [-0.1, -0.05) is 6.92 Å². The van der Waals surface area contributed by atoms with Gasteiger partial charge in [-0.05, 0) is 25.7 Å². The van der Waals surface area contributed by atoms with Crippen molar-refractivity contribution in [1.82, 2.24) is 5.32 Å². The molecule has 2 N–H and O–H groups in total. The van der Waals surface area contributed by atoms with Crippen LogP contribution in [-0.4, -0.2) is 23.7 Å². The summed E-state index contributed by atoms with van der Waals surface area (Å²) in [6, 6.07) is 0. The van der Waals surface area contributed by atoms with E-state index in [1.165, 1.54) is 0 Å². The molecule has 3 heteroatoms. The lowest BCUT2D eigenvalue weighted by Gasteiger charge is -2.31. The minimum absolute atomic E-state index is 0.106. The first-order valence-electron chi connectivity index (χ1n) is 4.55. The van der Waals surface area contributed by atoms with Crippen LogP contribution in [0, 0.1) is 11.8 Å². The number of amides is 1. The van der Waals surface area contributed by atoms with Crippen molar-refractivity contribution in [1.29, 1.82) is 0 Å². The van der Waals surface area contributed by atoms with E-state index in [0.717, 1.165) is 12.8 Å². The first-order valence-corrected chi connectivity index (χ1v) is 4.55. The van der Waals surface area contributed by atoms with Gasteiger partial charge < -0.3 is 10.4 Å². The Morgan fingerprint density at radius 2 is 2.25 bits per heavy atom. The number of nitrogens with one attached hydrogen (secondary N) is 1. The van der Waals surface area contributed by atoms with Crippen LogP contribution < -0.4 is 5.32 Å². The van der Waals surface area contributed by atoms with Gasteiger partial charge in [-0.25, -0.2) is 0 Å². The molecule has 1 saturated carbocycles. The van der Waals surface area contributed by atoms with Crippen LogP contribution in [0.15, 0.2) is 0 Å². The average Bonchev–Trinajstić information content (AvgIpc) is 1.94. The summed E-state index contributed by atoms with van der Waals surface area (Å²) >= 11 is 0. The summed E-state index contributed by atoms with van der Waals surface area (Å²) in [5.41, 5.74) is 0. The maximum atomic E-state index is 11.3. The van der Waals surface area contributed by atoms with Crippen molar-refractivity contribution < 1.29 is 9.90 Å². The van der Waals surface area contributed by atoms with E-state index in [1.807, 2.05) is 0 Å². The normalized spacial score (nSPS) is 30.6. The monoisotopic (exact) mass is 171 g/mol. The number of hydrogen-bond donors (Lipinski definition) is 2. The summed E-state index contributed by atoms with van der Waals surface area (Å²) in [5, 5.41) is 11.6. The van der Waals surface area contributed by atoms with Gasteiger partial charge in [0.1, 0.15) is 0 Å². The van der Waals surface area contributed by atoms with E-state index >= 15 is 0 Å². The molecule has 0 saturated heterocycles. The zero-order valence-electron chi connectivity index (χ0n) is 7.71. The first kappa shape index (κ1) is 9.52. The van der Waals surface area contributed by atoms with E-state index in [0.29, 0.717) is 12.5 Å². The van der Waals surface area contributed by atoms with Crippen LogP contribution in [0.3, 0.4) is 0 Å². The molecule has 1 fully saturated rings. The lowest BCUT2D eigenvalue weighted by atomic mass is 9.76. The molecular formula is C9H17NO2. The van der Waals surface area contributed by atoms with Crippen molar-refractivity contribution in [3.05, 3.63) is 0 Å². The molecule has 0 heterocycles. The second kappa shape index (κ2) is 3.90. The highest BCUT2D eigenvalue weighted by atomic mass is 16.3.